The molecule has 25 heavy (non-hydrogen) atoms. The molecule has 128 valence electrons. The van der Waals surface area contributed by atoms with Gasteiger partial charge in [-0.15, -0.1) is 0 Å². The third kappa shape index (κ3) is 2.76. The van der Waals surface area contributed by atoms with Crippen molar-refractivity contribution in [2.75, 3.05) is 7.11 Å². The Hall–Kier alpha value is -2.82. The predicted molar refractivity (Wildman–Crippen MR) is 93.2 cm³/mol. The van der Waals surface area contributed by atoms with E-state index in [0.717, 1.165) is 32.0 Å². The molecule has 1 fully saturated rings. The van der Waals surface area contributed by atoms with Gasteiger partial charge < -0.3 is 13.9 Å². The SMILES string of the molecule is COc1cc(-c2cc3c(c(=O)o2)C=C2CCCCC2O3)ccc1C=O. The average molecular weight is 338 g/mol. The second kappa shape index (κ2) is 6.24. The van der Waals surface area contributed by atoms with Crippen molar-refractivity contribution in [1.82, 2.24) is 0 Å². The molecular weight excluding hydrogens is 320 g/mol. The van der Waals surface area contributed by atoms with Crippen LogP contribution in [0.5, 0.6) is 11.5 Å². The number of hydrogen-bond acceptors (Lipinski definition) is 5. The van der Waals surface area contributed by atoms with Crippen LogP contribution >= 0.6 is 0 Å². The van der Waals surface area contributed by atoms with E-state index in [0.29, 0.717) is 33.9 Å². The zero-order chi connectivity index (χ0) is 17.4. The van der Waals surface area contributed by atoms with E-state index in [1.807, 2.05) is 6.08 Å². The van der Waals surface area contributed by atoms with E-state index in [1.54, 1.807) is 24.3 Å². The average Bonchev–Trinajstić information content (AvgIpc) is 2.66. The molecule has 1 aliphatic heterocycles. The predicted octanol–water partition coefficient (Wildman–Crippen LogP) is 3.85. The van der Waals surface area contributed by atoms with E-state index in [2.05, 4.69) is 0 Å². The number of fused-ring (bicyclic) bond motifs is 2. The Morgan fingerprint density at radius 1 is 1.24 bits per heavy atom. The molecule has 0 saturated heterocycles. The Labute approximate surface area is 144 Å². The minimum atomic E-state index is -0.414. The summed E-state index contributed by atoms with van der Waals surface area (Å²) in [5.41, 5.74) is 2.34. The standard InChI is InChI=1S/C20H18O5/c1-23-17-9-13(6-7-14(17)11-21)18-10-19-15(20(22)25-18)8-12-4-2-3-5-16(12)24-19/h6-11,16H,2-5H2,1H3. The minimum absolute atomic E-state index is 0.0582. The highest BCUT2D eigenvalue weighted by atomic mass is 16.5. The maximum absolute atomic E-state index is 12.4. The van der Waals surface area contributed by atoms with Crippen molar-refractivity contribution in [3.8, 4) is 22.8 Å². The van der Waals surface area contributed by atoms with Crippen molar-refractivity contribution in [2.45, 2.75) is 31.8 Å². The van der Waals surface area contributed by atoms with E-state index in [-0.39, 0.29) is 6.10 Å². The number of benzene rings is 1. The van der Waals surface area contributed by atoms with E-state index in [9.17, 15) is 9.59 Å². The lowest BCUT2D eigenvalue weighted by molar-refractivity contribution is 0.112. The fraction of sp³-hybridized carbons (Fsp3) is 0.300. The van der Waals surface area contributed by atoms with Crippen LogP contribution in [-0.4, -0.2) is 19.5 Å². The van der Waals surface area contributed by atoms with Crippen molar-refractivity contribution in [1.29, 1.82) is 0 Å². The third-order valence-electron chi connectivity index (χ3n) is 4.79. The highest BCUT2D eigenvalue weighted by Gasteiger charge is 2.28. The van der Waals surface area contributed by atoms with Gasteiger partial charge in [0.25, 0.3) is 0 Å². The first-order valence-electron chi connectivity index (χ1n) is 8.38. The molecule has 1 aromatic carbocycles. The number of carbonyl (C=O) groups is 1. The topological polar surface area (TPSA) is 65.7 Å². The molecule has 5 nitrogen and oxygen atoms in total. The van der Waals surface area contributed by atoms with Gasteiger partial charge in [-0.25, -0.2) is 4.79 Å². The first-order valence-corrected chi connectivity index (χ1v) is 8.38. The van der Waals surface area contributed by atoms with Gasteiger partial charge in [0.1, 0.15) is 28.9 Å². The van der Waals surface area contributed by atoms with Gasteiger partial charge >= 0.3 is 5.63 Å². The van der Waals surface area contributed by atoms with Crippen LogP contribution in [0.15, 0.2) is 39.1 Å². The van der Waals surface area contributed by atoms with E-state index >= 15 is 0 Å². The maximum atomic E-state index is 12.4. The second-order valence-corrected chi connectivity index (χ2v) is 6.32. The Bertz CT molecular complexity index is 922. The van der Waals surface area contributed by atoms with Gasteiger partial charge in [0.2, 0.25) is 0 Å². The first-order chi connectivity index (χ1) is 12.2. The molecule has 1 saturated carbocycles. The minimum Gasteiger partial charge on any atom is -0.496 e. The monoisotopic (exact) mass is 338 g/mol. The summed E-state index contributed by atoms with van der Waals surface area (Å²) in [5.74, 6) is 1.38. The first kappa shape index (κ1) is 15.7. The van der Waals surface area contributed by atoms with Crippen LogP contribution in [0.4, 0.5) is 0 Å². The Morgan fingerprint density at radius 3 is 2.92 bits per heavy atom. The molecule has 0 bridgehead atoms. The van der Waals surface area contributed by atoms with Crippen LogP contribution in [0.3, 0.4) is 0 Å². The van der Waals surface area contributed by atoms with E-state index in [4.69, 9.17) is 13.9 Å². The quantitative estimate of drug-likeness (QED) is 0.795. The fourth-order valence-electron chi connectivity index (χ4n) is 3.46. The number of hydrogen-bond donors (Lipinski definition) is 0. The second-order valence-electron chi connectivity index (χ2n) is 6.32. The van der Waals surface area contributed by atoms with Crippen LogP contribution in [-0.2, 0) is 0 Å². The summed E-state index contributed by atoms with van der Waals surface area (Å²) in [6, 6.07) is 6.79. The molecule has 0 amide bonds. The molecule has 1 atom stereocenters. The fourth-order valence-corrected chi connectivity index (χ4v) is 3.46. The molecule has 0 radical (unpaired) electrons. The number of rotatable bonds is 3. The van der Waals surface area contributed by atoms with Gasteiger partial charge in [0, 0.05) is 11.6 Å². The molecule has 1 unspecified atom stereocenters. The van der Waals surface area contributed by atoms with Crippen LogP contribution < -0.4 is 15.1 Å². The Kier molecular flexibility index (Phi) is 3.92. The molecule has 4 rings (SSSR count). The molecule has 2 aliphatic rings. The lowest BCUT2D eigenvalue weighted by atomic mass is 9.89. The Balaban J connectivity index is 1.79. The van der Waals surface area contributed by atoms with Crippen molar-refractivity contribution in [3.05, 3.63) is 51.4 Å². The van der Waals surface area contributed by atoms with Crippen molar-refractivity contribution >= 4 is 12.4 Å². The zero-order valence-electron chi connectivity index (χ0n) is 13.9. The lowest BCUT2D eigenvalue weighted by Crippen LogP contribution is -2.27. The number of aldehydes is 1. The molecule has 2 aromatic rings. The lowest BCUT2D eigenvalue weighted by Gasteiger charge is -2.30. The summed E-state index contributed by atoms with van der Waals surface area (Å²) in [6.07, 6.45) is 6.92. The van der Waals surface area contributed by atoms with Crippen molar-refractivity contribution < 1.29 is 18.7 Å². The van der Waals surface area contributed by atoms with Crippen LogP contribution in [0.1, 0.15) is 41.6 Å². The largest absolute Gasteiger partial charge is 0.496 e. The van der Waals surface area contributed by atoms with Gasteiger partial charge in [-0.1, -0.05) is 6.07 Å². The van der Waals surface area contributed by atoms with Gasteiger partial charge in [0.15, 0.2) is 6.29 Å². The van der Waals surface area contributed by atoms with Crippen LogP contribution in [0, 0.1) is 0 Å². The molecule has 2 heterocycles. The van der Waals surface area contributed by atoms with E-state index < -0.39 is 5.63 Å². The van der Waals surface area contributed by atoms with Crippen LogP contribution in [0.25, 0.3) is 17.4 Å². The normalized spacial score (nSPS) is 18.4. The highest BCUT2D eigenvalue weighted by Crippen LogP contribution is 2.37. The highest BCUT2D eigenvalue weighted by molar-refractivity contribution is 5.81. The van der Waals surface area contributed by atoms with Gasteiger partial charge in [-0.2, -0.15) is 0 Å². The molecule has 1 aliphatic carbocycles. The maximum Gasteiger partial charge on any atom is 0.347 e. The van der Waals surface area contributed by atoms with Crippen molar-refractivity contribution in [2.24, 2.45) is 0 Å². The number of carbonyl (C=O) groups excluding carboxylic acids is 1. The molecule has 0 spiro atoms. The summed E-state index contributed by atoms with van der Waals surface area (Å²) < 4.78 is 16.8. The zero-order valence-corrected chi connectivity index (χ0v) is 13.9. The molecule has 1 aromatic heterocycles. The summed E-state index contributed by atoms with van der Waals surface area (Å²) in [4.78, 5) is 23.5. The molecule has 0 N–H and O–H groups in total. The molecular formula is C20H18O5. The van der Waals surface area contributed by atoms with Gasteiger partial charge in [0.05, 0.1) is 12.7 Å². The van der Waals surface area contributed by atoms with Crippen molar-refractivity contribution in [3.63, 3.8) is 0 Å². The third-order valence-corrected chi connectivity index (χ3v) is 4.79. The summed E-state index contributed by atoms with van der Waals surface area (Å²) >= 11 is 0. The van der Waals surface area contributed by atoms with Crippen LogP contribution in [0.2, 0.25) is 0 Å². The van der Waals surface area contributed by atoms with Gasteiger partial charge in [-0.05, 0) is 49.5 Å². The van der Waals surface area contributed by atoms with E-state index in [1.165, 1.54) is 12.7 Å². The summed E-state index contributed by atoms with van der Waals surface area (Å²) in [5, 5.41) is 0. The number of methoxy groups -OCH3 is 1. The Morgan fingerprint density at radius 2 is 2.12 bits per heavy atom. The number of ether oxygens (including phenoxy) is 2. The smallest absolute Gasteiger partial charge is 0.347 e. The molecule has 5 heteroatoms. The summed E-state index contributed by atoms with van der Waals surface area (Å²) in [6.45, 7) is 0. The summed E-state index contributed by atoms with van der Waals surface area (Å²) in [7, 11) is 1.49. The van der Waals surface area contributed by atoms with Gasteiger partial charge in [-0.3, -0.25) is 4.79 Å².